The predicted octanol–water partition coefficient (Wildman–Crippen LogP) is 1.53. The van der Waals surface area contributed by atoms with Crippen molar-refractivity contribution >= 4 is 5.91 Å². The summed E-state index contributed by atoms with van der Waals surface area (Å²) in [6.45, 7) is 5.68. The van der Waals surface area contributed by atoms with E-state index in [1.54, 1.807) is 0 Å². The SMILES string of the molecule is CC(C)(C)ON[C@H](C(N)=O)c1ccccc1. The third kappa shape index (κ3) is 4.00. The van der Waals surface area contributed by atoms with Gasteiger partial charge in [-0.05, 0) is 26.3 Å². The van der Waals surface area contributed by atoms with Gasteiger partial charge in [-0.15, -0.1) is 0 Å². The molecule has 0 aromatic heterocycles. The molecule has 3 N–H and O–H groups in total. The summed E-state index contributed by atoms with van der Waals surface area (Å²) in [6.07, 6.45) is 0. The van der Waals surface area contributed by atoms with Crippen molar-refractivity contribution in [3.05, 3.63) is 35.9 Å². The van der Waals surface area contributed by atoms with Gasteiger partial charge < -0.3 is 5.73 Å². The van der Waals surface area contributed by atoms with Crippen LogP contribution in [0.2, 0.25) is 0 Å². The molecular weight excluding hydrogens is 204 g/mol. The fourth-order valence-electron chi connectivity index (χ4n) is 1.17. The lowest BCUT2D eigenvalue weighted by atomic mass is 10.1. The molecule has 1 rings (SSSR count). The smallest absolute Gasteiger partial charge is 0.241 e. The Morgan fingerprint density at radius 1 is 1.31 bits per heavy atom. The van der Waals surface area contributed by atoms with Gasteiger partial charge in [-0.2, -0.15) is 5.48 Å². The van der Waals surface area contributed by atoms with Gasteiger partial charge in [0.25, 0.3) is 0 Å². The molecule has 0 fully saturated rings. The number of hydrogen-bond acceptors (Lipinski definition) is 3. The van der Waals surface area contributed by atoms with E-state index in [2.05, 4.69) is 5.48 Å². The van der Waals surface area contributed by atoms with E-state index in [0.717, 1.165) is 5.56 Å². The number of benzene rings is 1. The number of nitrogens with one attached hydrogen (secondary N) is 1. The standard InChI is InChI=1S/C12H18N2O2/c1-12(2,3)16-14-10(11(13)15)9-7-5-4-6-8-9/h4-8,10,14H,1-3H3,(H2,13,15)/t10-/m0/s1. The van der Waals surface area contributed by atoms with Crippen molar-refractivity contribution < 1.29 is 9.63 Å². The minimum Gasteiger partial charge on any atom is -0.368 e. The predicted molar refractivity (Wildman–Crippen MR) is 62.4 cm³/mol. The Balaban J connectivity index is 2.74. The highest BCUT2D eigenvalue weighted by atomic mass is 16.7. The first-order valence-corrected chi connectivity index (χ1v) is 5.18. The molecule has 88 valence electrons. The maximum atomic E-state index is 11.3. The third-order valence-electron chi connectivity index (χ3n) is 1.90. The Kier molecular flexibility index (Phi) is 4.04. The van der Waals surface area contributed by atoms with Crippen LogP contribution in [0.5, 0.6) is 0 Å². The van der Waals surface area contributed by atoms with Crippen LogP contribution >= 0.6 is 0 Å². The highest BCUT2D eigenvalue weighted by Crippen LogP contribution is 2.14. The number of amides is 1. The third-order valence-corrected chi connectivity index (χ3v) is 1.90. The topological polar surface area (TPSA) is 64.3 Å². The van der Waals surface area contributed by atoms with Crippen LogP contribution in [0.3, 0.4) is 0 Å². The van der Waals surface area contributed by atoms with Crippen LogP contribution in [0, 0.1) is 0 Å². The molecule has 0 radical (unpaired) electrons. The van der Waals surface area contributed by atoms with Gasteiger partial charge in [0.2, 0.25) is 5.91 Å². The van der Waals surface area contributed by atoms with Crippen LogP contribution in [0.15, 0.2) is 30.3 Å². The van der Waals surface area contributed by atoms with E-state index in [1.165, 1.54) is 0 Å². The summed E-state index contributed by atoms with van der Waals surface area (Å²) in [5.74, 6) is -0.463. The number of hydroxylamine groups is 1. The summed E-state index contributed by atoms with van der Waals surface area (Å²) in [4.78, 5) is 16.7. The Labute approximate surface area is 95.7 Å². The van der Waals surface area contributed by atoms with E-state index in [4.69, 9.17) is 10.6 Å². The van der Waals surface area contributed by atoms with Gasteiger partial charge in [0.15, 0.2) is 0 Å². The summed E-state index contributed by atoms with van der Waals surface area (Å²) in [5.41, 5.74) is 8.44. The van der Waals surface area contributed by atoms with Gasteiger partial charge in [-0.1, -0.05) is 30.3 Å². The zero-order valence-corrected chi connectivity index (χ0v) is 9.86. The first-order valence-electron chi connectivity index (χ1n) is 5.18. The van der Waals surface area contributed by atoms with Crippen molar-refractivity contribution in [2.24, 2.45) is 5.73 Å². The maximum absolute atomic E-state index is 11.3. The molecule has 1 atom stereocenters. The lowest BCUT2D eigenvalue weighted by molar-refractivity contribution is -0.132. The lowest BCUT2D eigenvalue weighted by Crippen LogP contribution is -2.38. The molecule has 0 saturated heterocycles. The summed E-state index contributed by atoms with van der Waals surface area (Å²) in [5, 5.41) is 0. The molecule has 0 aliphatic carbocycles. The Hall–Kier alpha value is -1.39. The van der Waals surface area contributed by atoms with E-state index in [9.17, 15) is 4.79 Å². The Morgan fingerprint density at radius 2 is 1.88 bits per heavy atom. The minimum absolute atomic E-state index is 0.373. The highest BCUT2D eigenvalue weighted by Gasteiger charge is 2.20. The number of hydrogen-bond donors (Lipinski definition) is 2. The summed E-state index contributed by atoms with van der Waals surface area (Å²) >= 11 is 0. The molecular formula is C12H18N2O2. The summed E-state index contributed by atoms with van der Waals surface area (Å²) < 4.78 is 0. The zero-order chi connectivity index (χ0) is 12.2. The second kappa shape index (κ2) is 5.09. The fourth-order valence-corrected chi connectivity index (χ4v) is 1.17. The molecule has 1 aromatic rings. The molecule has 0 bridgehead atoms. The van der Waals surface area contributed by atoms with Gasteiger partial charge in [0, 0.05) is 0 Å². The molecule has 1 aromatic carbocycles. The first-order chi connectivity index (χ1) is 7.40. The van der Waals surface area contributed by atoms with Crippen LogP contribution in [-0.4, -0.2) is 11.5 Å². The zero-order valence-electron chi connectivity index (χ0n) is 9.86. The number of nitrogens with two attached hydrogens (primary N) is 1. The molecule has 0 spiro atoms. The van der Waals surface area contributed by atoms with Crippen LogP contribution in [0.25, 0.3) is 0 Å². The van der Waals surface area contributed by atoms with Crippen LogP contribution in [0.1, 0.15) is 32.4 Å². The lowest BCUT2D eigenvalue weighted by Gasteiger charge is -2.23. The second-order valence-corrected chi connectivity index (χ2v) is 4.58. The molecule has 0 aliphatic heterocycles. The van der Waals surface area contributed by atoms with Gasteiger partial charge in [-0.3, -0.25) is 9.63 Å². The van der Waals surface area contributed by atoms with Crippen LogP contribution in [0.4, 0.5) is 0 Å². The van der Waals surface area contributed by atoms with E-state index in [-0.39, 0.29) is 5.60 Å². The fraction of sp³-hybridized carbons (Fsp3) is 0.417. The van der Waals surface area contributed by atoms with Crippen molar-refractivity contribution in [1.29, 1.82) is 0 Å². The van der Waals surface area contributed by atoms with Gasteiger partial charge in [0.1, 0.15) is 6.04 Å². The number of carbonyl (C=O) groups excluding carboxylic acids is 1. The van der Waals surface area contributed by atoms with Crippen molar-refractivity contribution in [1.82, 2.24) is 5.48 Å². The first kappa shape index (κ1) is 12.7. The quantitative estimate of drug-likeness (QED) is 0.759. The van der Waals surface area contributed by atoms with Crippen LogP contribution in [-0.2, 0) is 9.63 Å². The minimum atomic E-state index is -0.625. The normalized spacial score (nSPS) is 13.4. The van der Waals surface area contributed by atoms with E-state index in [0.29, 0.717) is 0 Å². The number of rotatable bonds is 4. The maximum Gasteiger partial charge on any atom is 0.241 e. The van der Waals surface area contributed by atoms with Crippen molar-refractivity contribution in [2.45, 2.75) is 32.4 Å². The molecule has 0 unspecified atom stereocenters. The second-order valence-electron chi connectivity index (χ2n) is 4.58. The summed E-state index contributed by atoms with van der Waals surface area (Å²) in [6, 6.07) is 8.61. The van der Waals surface area contributed by atoms with E-state index < -0.39 is 11.9 Å². The van der Waals surface area contributed by atoms with Crippen LogP contribution < -0.4 is 11.2 Å². The Bertz CT molecular complexity index is 344. The van der Waals surface area contributed by atoms with Crippen molar-refractivity contribution in [3.8, 4) is 0 Å². The van der Waals surface area contributed by atoms with Gasteiger partial charge in [-0.25, -0.2) is 0 Å². The molecule has 4 nitrogen and oxygen atoms in total. The van der Waals surface area contributed by atoms with Gasteiger partial charge >= 0.3 is 0 Å². The monoisotopic (exact) mass is 222 g/mol. The Morgan fingerprint density at radius 3 is 2.31 bits per heavy atom. The summed E-state index contributed by atoms with van der Waals surface area (Å²) in [7, 11) is 0. The largest absolute Gasteiger partial charge is 0.368 e. The van der Waals surface area contributed by atoms with E-state index >= 15 is 0 Å². The molecule has 0 saturated carbocycles. The molecule has 0 aliphatic rings. The molecule has 1 amide bonds. The number of carbonyl (C=O) groups is 1. The van der Waals surface area contributed by atoms with Crippen molar-refractivity contribution in [2.75, 3.05) is 0 Å². The molecule has 0 heterocycles. The highest BCUT2D eigenvalue weighted by molar-refractivity contribution is 5.81. The molecule has 4 heteroatoms. The van der Waals surface area contributed by atoms with Crippen molar-refractivity contribution in [3.63, 3.8) is 0 Å². The number of primary amides is 1. The van der Waals surface area contributed by atoms with Gasteiger partial charge in [0.05, 0.1) is 5.60 Å². The average Bonchev–Trinajstić information content (AvgIpc) is 2.17. The molecule has 16 heavy (non-hydrogen) atoms. The average molecular weight is 222 g/mol. The van der Waals surface area contributed by atoms with E-state index in [1.807, 2.05) is 51.1 Å².